The molecule has 1 heterocycles. The molecule has 0 radical (unpaired) electrons. The Hall–Kier alpha value is -1.44. The topological polar surface area (TPSA) is 29.4 Å². The molecule has 108 valence electrons. The van der Waals surface area contributed by atoms with Crippen LogP contribution in [0, 0.1) is 5.92 Å². The van der Waals surface area contributed by atoms with Crippen molar-refractivity contribution in [3.8, 4) is 0 Å². The minimum atomic E-state index is 0.000131. The van der Waals surface area contributed by atoms with Crippen LogP contribution in [0.3, 0.4) is 0 Å². The Morgan fingerprint density at radius 1 is 1.00 bits per heavy atom. The molecule has 0 aromatic heterocycles. The fraction of sp³-hybridized carbons (Fsp3) is 0.556. The van der Waals surface area contributed by atoms with E-state index >= 15 is 0 Å². The first-order valence-corrected chi connectivity index (χ1v) is 8.00. The zero-order chi connectivity index (χ0) is 14.4. The summed E-state index contributed by atoms with van der Waals surface area (Å²) in [5.74, 6) is 0.386. The van der Waals surface area contributed by atoms with Gasteiger partial charge in [-0.1, -0.05) is 64.2 Å². The number of hydrogen-bond donors (Lipinski definition) is 0. The maximum Gasteiger partial charge on any atom is 0.274 e. The summed E-state index contributed by atoms with van der Waals surface area (Å²) in [6, 6.07) is 7.95. The van der Waals surface area contributed by atoms with Gasteiger partial charge in [0.05, 0.1) is 5.36 Å². The number of carbonyl (C=O) groups is 1. The van der Waals surface area contributed by atoms with Crippen LogP contribution in [0.2, 0.25) is 0 Å². The Kier molecular flexibility index (Phi) is 5.51. The summed E-state index contributed by atoms with van der Waals surface area (Å²) >= 11 is 0. The van der Waals surface area contributed by atoms with Crippen molar-refractivity contribution < 1.29 is 4.79 Å². The van der Waals surface area contributed by atoms with E-state index in [0.29, 0.717) is 5.92 Å². The van der Waals surface area contributed by atoms with Gasteiger partial charge in [-0.3, -0.25) is 4.79 Å². The largest absolute Gasteiger partial charge is 0.274 e. The highest BCUT2D eigenvalue weighted by molar-refractivity contribution is 6.15. The lowest BCUT2D eigenvalue weighted by Crippen LogP contribution is -2.25. The number of unbranched alkanes of at least 4 members (excludes halogenated alkanes) is 3. The van der Waals surface area contributed by atoms with Gasteiger partial charge in [-0.05, 0) is 24.8 Å². The van der Waals surface area contributed by atoms with Gasteiger partial charge in [0.1, 0.15) is 0 Å². The maximum atomic E-state index is 12.2. The minimum Gasteiger partial charge on any atom is -0.267 e. The van der Waals surface area contributed by atoms with E-state index < -0.39 is 0 Å². The second kappa shape index (κ2) is 7.37. The van der Waals surface area contributed by atoms with Crippen LogP contribution >= 0.6 is 0 Å². The molecule has 2 nitrogen and oxygen atoms in total. The van der Waals surface area contributed by atoms with Gasteiger partial charge in [-0.2, -0.15) is 0 Å². The second-order valence-corrected chi connectivity index (χ2v) is 5.68. The van der Waals surface area contributed by atoms with Gasteiger partial charge in [0.15, 0.2) is 0 Å². The molecule has 0 spiro atoms. The standard InChI is InChI=1S/C18H25NO/c1-3-5-6-7-11-14(10-4-2)17-15-12-8-9-13-16(15)19-18(17)20/h8-9,12-14H,3-7,10-11H2,1-2H3. The highest BCUT2D eigenvalue weighted by atomic mass is 16.1. The third-order valence-corrected chi connectivity index (χ3v) is 4.10. The van der Waals surface area contributed by atoms with Crippen LogP contribution < -0.4 is 10.6 Å². The predicted molar refractivity (Wildman–Crippen MR) is 82.8 cm³/mol. The SMILES string of the molecule is CCCCCCC(CCC)C1=c2ccccc2=NC1=O. The van der Waals surface area contributed by atoms with Gasteiger partial charge in [0, 0.05) is 10.8 Å². The minimum absolute atomic E-state index is 0.000131. The number of nitrogens with zero attached hydrogens (tertiary/aromatic N) is 1. The molecular weight excluding hydrogens is 246 g/mol. The number of carbonyl (C=O) groups excluding carboxylic acids is 1. The Labute approximate surface area is 121 Å². The Morgan fingerprint density at radius 3 is 2.55 bits per heavy atom. The number of rotatable bonds is 8. The van der Waals surface area contributed by atoms with Crippen LogP contribution in [0.5, 0.6) is 0 Å². The monoisotopic (exact) mass is 271 g/mol. The molecule has 0 saturated heterocycles. The van der Waals surface area contributed by atoms with Crippen LogP contribution in [0.15, 0.2) is 29.3 Å². The van der Waals surface area contributed by atoms with Gasteiger partial charge in [0.25, 0.3) is 5.91 Å². The van der Waals surface area contributed by atoms with Crippen LogP contribution in [0.4, 0.5) is 0 Å². The van der Waals surface area contributed by atoms with Crippen molar-refractivity contribution in [3.63, 3.8) is 0 Å². The zero-order valence-corrected chi connectivity index (χ0v) is 12.7. The van der Waals surface area contributed by atoms with Crippen LogP contribution in [0.25, 0.3) is 5.57 Å². The maximum absolute atomic E-state index is 12.2. The average Bonchev–Trinajstić information content (AvgIpc) is 2.78. The molecule has 1 unspecified atom stereocenters. The number of benzene rings is 1. The first-order valence-electron chi connectivity index (χ1n) is 8.00. The Balaban J connectivity index is 2.21. The van der Waals surface area contributed by atoms with E-state index in [4.69, 9.17) is 0 Å². The molecule has 1 aliphatic heterocycles. The lowest BCUT2D eigenvalue weighted by molar-refractivity contribution is -0.113. The molecule has 1 aliphatic rings. The molecule has 0 bridgehead atoms. The van der Waals surface area contributed by atoms with E-state index in [1.54, 1.807) is 0 Å². The molecule has 0 N–H and O–H groups in total. The van der Waals surface area contributed by atoms with E-state index in [9.17, 15) is 4.79 Å². The lowest BCUT2D eigenvalue weighted by Gasteiger charge is -2.16. The molecule has 1 atom stereocenters. The van der Waals surface area contributed by atoms with Gasteiger partial charge in [-0.15, -0.1) is 0 Å². The number of amides is 1. The van der Waals surface area contributed by atoms with E-state index in [1.165, 1.54) is 25.7 Å². The van der Waals surface area contributed by atoms with E-state index in [2.05, 4.69) is 18.8 Å². The molecule has 0 fully saturated rings. The Morgan fingerprint density at radius 2 is 1.80 bits per heavy atom. The number of fused-ring (bicyclic) bond motifs is 1. The number of para-hydroxylation sites is 1. The van der Waals surface area contributed by atoms with Gasteiger partial charge in [0.2, 0.25) is 0 Å². The molecule has 0 aliphatic carbocycles. The second-order valence-electron chi connectivity index (χ2n) is 5.68. The van der Waals surface area contributed by atoms with Gasteiger partial charge < -0.3 is 0 Å². The fourth-order valence-corrected chi connectivity index (χ4v) is 3.08. The highest BCUT2D eigenvalue weighted by Crippen LogP contribution is 2.26. The van der Waals surface area contributed by atoms with Crippen molar-refractivity contribution >= 4 is 11.5 Å². The lowest BCUT2D eigenvalue weighted by atomic mass is 9.88. The highest BCUT2D eigenvalue weighted by Gasteiger charge is 2.24. The molecular formula is C18H25NO. The summed E-state index contributed by atoms with van der Waals surface area (Å²) in [5.41, 5.74) is 0.971. The quantitative estimate of drug-likeness (QED) is 0.666. The van der Waals surface area contributed by atoms with Crippen molar-refractivity contribution in [1.82, 2.24) is 0 Å². The summed E-state index contributed by atoms with van der Waals surface area (Å²) in [6.07, 6.45) is 8.39. The van der Waals surface area contributed by atoms with Crippen molar-refractivity contribution in [2.75, 3.05) is 0 Å². The van der Waals surface area contributed by atoms with E-state index in [0.717, 1.165) is 35.4 Å². The molecule has 20 heavy (non-hydrogen) atoms. The van der Waals surface area contributed by atoms with Gasteiger partial charge in [-0.25, -0.2) is 4.99 Å². The van der Waals surface area contributed by atoms with Crippen molar-refractivity contribution in [2.45, 2.75) is 58.8 Å². The Bertz CT molecular complexity index is 573. The number of hydrogen-bond acceptors (Lipinski definition) is 1. The van der Waals surface area contributed by atoms with Crippen LogP contribution in [-0.2, 0) is 4.79 Å². The summed E-state index contributed by atoms with van der Waals surface area (Å²) in [5, 5.41) is 1.94. The summed E-state index contributed by atoms with van der Waals surface area (Å²) < 4.78 is 0. The first-order chi connectivity index (χ1) is 9.77. The normalized spacial score (nSPS) is 15.1. The third-order valence-electron chi connectivity index (χ3n) is 4.10. The van der Waals surface area contributed by atoms with Crippen molar-refractivity contribution in [1.29, 1.82) is 0 Å². The average molecular weight is 271 g/mol. The van der Waals surface area contributed by atoms with Crippen LogP contribution in [0.1, 0.15) is 58.8 Å². The van der Waals surface area contributed by atoms with Crippen molar-refractivity contribution in [3.05, 3.63) is 34.8 Å². The molecule has 2 rings (SSSR count). The van der Waals surface area contributed by atoms with Crippen LogP contribution in [-0.4, -0.2) is 5.91 Å². The first kappa shape index (κ1) is 15.0. The smallest absolute Gasteiger partial charge is 0.267 e. The summed E-state index contributed by atoms with van der Waals surface area (Å²) in [4.78, 5) is 16.4. The molecule has 2 heteroatoms. The van der Waals surface area contributed by atoms with E-state index in [-0.39, 0.29) is 5.91 Å². The molecule has 1 aromatic rings. The predicted octanol–water partition coefficient (Wildman–Crippen LogP) is 3.38. The van der Waals surface area contributed by atoms with E-state index in [1.807, 2.05) is 24.3 Å². The fourth-order valence-electron chi connectivity index (χ4n) is 3.08. The molecule has 1 aromatic carbocycles. The molecule has 0 saturated carbocycles. The van der Waals surface area contributed by atoms with Crippen molar-refractivity contribution in [2.24, 2.45) is 10.9 Å². The molecule has 1 amide bonds. The summed E-state index contributed by atoms with van der Waals surface area (Å²) in [7, 11) is 0. The van der Waals surface area contributed by atoms with Gasteiger partial charge >= 0.3 is 0 Å². The third kappa shape index (κ3) is 3.36. The zero-order valence-electron chi connectivity index (χ0n) is 12.7. The summed E-state index contributed by atoms with van der Waals surface area (Å²) in [6.45, 7) is 4.43.